The predicted molar refractivity (Wildman–Crippen MR) is 64.1 cm³/mol. The molecule has 1 N–H and O–H groups in total. The van der Waals surface area contributed by atoms with Crippen LogP contribution in [-0.2, 0) is 0 Å². The lowest BCUT2D eigenvalue weighted by Crippen LogP contribution is -2.00. The van der Waals surface area contributed by atoms with Crippen LogP contribution in [-0.4, -0.2) is 9.97 Å². The number of halogens is 2. The van der Waals surface area contributed by atoms with E-state index in [0.717, 1.165) is 0 Å². The fourth-order valence-electron chi connectivity index (χ4n) is 1.23. The molecule has 0 unspecified atom stereocenters. The third kappa shape index (κ3) is 2.57. The molecule has 0 aliphatic heterocycles. The van der Waals surface area contributed by atoms with Gasteiger partial charge in [-0.1, -0.05) is 15.9 Å². The number of nitrogens with zero attached hydrogens (tertiary/aromatic N) is 3. The molecule has 4 nitrogen and oxygen atoms in total. The molecule has 0 bridgehead atoms. The first-order valence-corrected chi connectivity index (χ1v) is 5.43. The topological polar surface area (TPSA) is 61.6 Å². The fraction of sp³-hybridized carbons (Fsp3) is 0. The van der Waals surface area contributed by atoms with Crippen molar-refractivity contribution in [3.8, 4) is 6.07 Å². The van der Waals surface area contributed by atoms with Crippen LogP contribution in [0.15, 0.2) is 35.1 Å². The normalized spacial score (nSPS) is 9.71. The Balaban J connectivity index is 2.35. The Morgan fingerprint density at radius 2 is 2.06 bits per heavy atom. The Kier molecular flexibility index (Phi) is 3.30. The minimum Gasteiger partial charge on any atom is -0.335 e. The van der Waals surface area contributed by atoms with E-state index in [1.54, 1.807) is 12.1 Å². The van der Waals surface area contributed by atoms with Crippen LogP contribution in [0.2, 0.25) is 0 Å². The molecule has 0 atom stereocenters. The fourth-order valence-corrected chi connectivity index (χ4v) is 1.56. The van der Waals surface area contributed by atoms with E-state index >= 15 is 0 Å². The van der Waals surface area contributed by atoms with Crippen molar-refractivity contribution in [2.45, 2.75) is 0 Å². The number of benzene rings is 1. The molecule has 84 valence electrons. The maximum atomic E-state index is 13.5. The molecular formula is C11H6BrFN4. The van der Waals surface area contributed by atoms with Gasteiger partial charge in [0.15, 0.2) is 11.5 Å². The Labute approximate surface area is 105 Å². The Hall–Kier alpha value is -2.00. The van der Waals surface area contributed by atoms with Gasteiger partial charge in [0, 0.05) is 16.9 Å². The van der Waals surface area contributed by atoms with Crippen molar-refractivity contribution in [1.82, 2.24) is 9.97 Å². The predicted octanol–water partition coefficient (Wildman–Crippen LogP) is 2.99. The van der Waals surface area contributed by atoms with Crippen LogP contribution in [0.25, 0.3) is 0 Å². The second-order valence-electron chi connectivity index (χ2n) is 3.11. The summed E-state index contributed by atoms with van der Waals surface area (Å²) in [5.41, 5.74) is 0.361. The maximum absolute atomic E-state index is 13.5. The highest BCUT2D eigenvalue weighted by Crippen LogP contribution is 2.22. The lowest BCUT2D eigenvalue weighted by Gasteiger charge is -2.07. The first-order valence-electron chi connectivity index (χ1n) is 4.64. The quantitative estimate of drug-likeness (QED) is 0.924. The molecule has 2 rings (SSSR count). The van der Waals surface area contributed by atoms with Crippen molar-refractivity contribution >= 4 is 27.4 Å². The number of aromatic nitrogens is 2. The minimum atomic E-state index is -0.436. The molecule has 6 heteroatoms. The largest absolute Gasteiger partial charge is 0.335 e. The van der Waals surface area contributed by atoms with Crippen molar-refractivity contribution < 1.29 is 4.39 Å². The summed E-state index contributed by atoms with van der Waals surface area (Å²) < 4.78 is 14.2. The molecule has 0 saturated heterocycles. The molecule has 17 heavy (non-hydrogen) atoms. The van der Waals surface area contributed by atoms with Gasteiger partial charge in [0.05, 0.1) is 5.69 Å². The van der Waals surface area contributed by atoms with E-state index in [4.69, 9.17) is 5.26 Å². The summed E-state index contributed by atoms with van der Waals surface area (Å²) in [5, 5.41) is 11.5. The molecule has 0 amide bonds. The SMILES string of the molecule is N#Cc1nccnc1Nc1ccc(Br)cc1F. The van der Waals surface area contributed by atoms with E-state index in [-0.39, 0.29) is 17.2 Å². The van der Waals surface area contributed by atoms with E-state index in [1.807, 2.05) is 6.07 Å². The monoisotopic (exact) mass is 292 g/mol. The van der Waals surface area contributed by atoms with Crippen LogP contribution in [0.4, 0.5) is 15.9 Å². The maximum Gasteiger partial charge on any atom is 0.183 e. The highest BCUT2D eigenvalue weighted by Gasteiger charge is 2.07. The zero-order chi connectivity index (χ0) is 12.3. The first-order chi connectivity index (χ1) is 8.20. The van der Waals surface area contributed by atoms with Gasteiger partial charge in [-0.3, -0.25) is 0 Å². The smallest absolute Gasteiger partial charge is 0.183 e. The average molecular weight is 293 g/mol. The van der Waals surface area contributed by atoms with Gasteiger partial charge in [0.25, 0.3) is 0 Å². The van der Waals surface area contributed by atoms with Crippen LogP contribution in [0.1, 0.15) is 5.69 Å². The molecule has 1 aromatic heterocycles. The second-order valence-corrected chi connectivity index (χ2v) is 4.03. The molecule has 0 aliphatic rings. The molecule has 0 saturated carbocycles. The average Bonchev–Trinajstić information content (AvgIpc) is 2.33. The van der Waals surface area contributed by atoms with Crippen LogP contribution in [0, 0.1) is 17.1 Å². The van der Waals surface area contributed by atoms with Gasteiger partial charge in [-0.05, 0) is 18.2 Å². The number of hydrogen-bond acceptors (Lipinski definition) is 4. The number of rotatable bonds is 2. The van der Waals surface area contributed by atoms with Crippen molar-refractivity contribution in [1.29, 1.82) is 5.26 Å². The molecule has 1 heterocycles. The number of anilines is 2. The molecule has 0 radical (unpaired) electrons. The van der Waals surface area contributed by atoms with Gasteiger partial charge >= 0.3 is 0 Å². The van der Waals surface area contributed by atoms with Crippen molar-refractivity contribution in [2.75, 3.05) is 5.32 Å². The molecular weight excluding hydrogens is 287 g/mol. The minimum absolute atomic E-state index is 0.120. The summed E-state index contributed by atoms with van der Waals surface area (Å²) in [4.78, 5) is 7.76. The molecule has 1 aromatic carbocycles. The van der Waals surface area contributed by atoms with E-state index in [9.17, 15) is 4.39 Å². The van der Waals surface area contributed by atoms with Crippen LogP contribution in [0.3, 0.4) is 0 Å². The van der Waals surface area contributed by atoms with Crippen LogP contribution < -0.4 is 5.32 Å². The van der Waals surface area contributed by atoms with E-state index < -0.39 is 5.82 Å². The van der Waals surface area contributed by atoms with Gasteiger partial charge < -0.3 is 5.32 Å². The molecule has 2 aromatic rings. The molecule has 0 fully saturated rings. The van der Waals surface area contributed by atoms with Crippen LogP contribution in [0.5, 0.6) is 0 Å². The summed E-state index contributed by atoms with van der Waals surface area (Å²) >= 11 is 3.16. The summed E-state index contributed by atoms with van der Waals surface area (Å²) in [6.07, 6.45) is 2.83. The van der Waals surface area contributed by atoms with Crippen molar-refractivity contribution in [2.24, 2.45) is 0 Å². The van der Waals surface area contributed by atoms with Gasteiger partial charge in [0.2, 0.25) is 0 Å². The highest BCUT2D eigenvalue weighted by atomic mass is 79.9. The lowest BCUT2D eigenvalue weighted by atomic mass is 10.3. The summed E-state index contributed by atoms with van der Waals surface area (Å²) in [6.45, 7) is 0. The van der Waals surface area contributed by atoms with Gasteiger partial charge in [-0.15, -0.1) is 0 Å². The summed E-state index contributed by atoms with van der Waals surface area (Å²) in [5.74, 6) is -0.204. The third-order valence-electron chi connectivity index (χ3n) is 1.99. The molecule has 0 aliphatic carbocycles. The summed E-state index contributed by atoms with van der Waals surface area (Å²) in [7, 11) is 0. The second kappa shape index (κ2) is 4.89. The van der Waals surface area contributed by atoms with E-state index in [2.05, 4.69) is 31.2 Å². The summed E-state index contributed by atoms with van der Waals surface area (Å²) in [6, 6.07) is 6.44. The Bertz CT molecular complexity index is 594. The van der Waals surface area contributed by atoms with Crippen LogP contribution >= 0.6 is 15.9 Å². The standard InChI is InChI=1S/C11H6BrFN4/c12-7-1-2-9(8(13)5-7)17-11-10(6-14)15-3-4-16-11/h1-5H,(H,16,17). The number of nitrogens with one attached hydrogen (secondary N) is 1. The third-order valence-corrected chi connectivity index (χ3v) is 2.48. The van der Waals surface area contributed by atoms with Gasteiger partial charge in [-0.2, -0.15) is 5.26 Å². The Morgan fingerprint density at radius 1 is 1.29 bits per heavy atom. The van der Waals surface area contributed by atoms with Gasteiger partial charge in [-0.25, -0.2) is 14.4 Å². The number of nitriles is 1. The number of hydrogen-bond donors (Lipinski definition) is 1. The van der Waals surface area contributed by atoms with E-state index in [0.29, 0.717) is 4.47 Å². The lowest BCUT2D eigenvalue weighted by molar-refractivity contribution is 0.631. The van der Waals surface area contributed by atoms with Gasteiger partial charge in [0.1, 0.15) is 11.9 Å². The zero-order valence-electron chi connectivity index (χ0n) is 8.48. The van der Waals surface area contributed by atoms with Crippen molar-refractivity contribution in [3.05, 3.63) is 46.6 Å². The Morgan fingerprint density at radius 3 is 2.76 bits per heavy atom. The van der Waals surface area contributed by atoms with E-state index in [1.165, 1.54) is 18.5 Å². The molecule has 0 spiro atoms. The van der Waals surface area contributed by atoms with Crippen molar-refractivity contribution in [3.63, 3.8) is 0 Å². The first kappa shape index (κ1) is 11.5. The highest BCUT2D eigenvalue weighted by molar-refractivity contribution is 9.10. The zero-order valence-corrected chi connectivity index (χ0v) is 10.1.